The van der Waals surface area contributed by atoms with Crippen LogP contribution in [-0.4, -0.2) is 9.78 Å². The van der Waals surface area contributed by atoms with Gasteiger partial charge in [-0.1, -0.05) is 27.7 Å². The maximum absolute atomic E-state index is 11.6. The zero-order valence-electron chi connectivity index (χ0n) is 9.35. The molecule has 0 spiro atoms. The molecule has 4 nitrogen and oxygen atoms in total. The van der Waals surface area contributed by atoms with Gasteiger partial charge in [0.2, 0.25) is 0 Å². The second-order valence-corrected chi connectivity index (χ2v) is 4.61. The van der Waals surface area contributed by atoms with E-state index < -0.39 is 0 Å². The van der Waals surface area contributed by atoms with Crippen LogP contribution in [0.3, 0.4) is 0 Å². The number of anilines is 1. The molecule has 0 saturated heterocycles. The fourth-order valence-corrected chi connectivity index (χ4v) is 1.45. The zero-order valence-corrected chi connectivity index (χ0v) is 9.35. The molecular weight excluding hydrogens is 178 g/mol. The molecule has 0 aliphatic carbocycles. The van der Waals surface area contributed by atoms with Gasteiger partial charge >= 0.3 is 0 Å². The van der Waals surface area contributed by atoms with E-state index in [1.54, 1.807) is 4.68 Å². The number of rotatable bonds is 2. The lowest BCUT2D eigenvalue weighted by atomic mass is 9.91. The highest BCUT2D eigenvalue weighted by Crippen LogP contribution is 2.23. The van der Waals surface area contributed by atoms with Gasteiger partial charge in [-0.2, -0.15) is 0 Å². The van der Waals surface area contributed by atoms with Gasteiger partial charge in [0.1, 0.15) is 5.69 Å². The van der Waals surface area contributed by atoms with Crippen molar-refractivity contribution in [2.45, 2.75) is 46.1 Å². The van der Waals surface area contributed by atoms with Crippen LogP contribution in [-0.2, 0) is 12.0 Å². The average molecular weight is 197 g/mol. The number of aromatic amines is 1. The van der Waals surface area contributed by atoms with E-state index in [0.29, 0.717) is 12.2 Å². The first-order chi connectivity index (χ1) is 6.38. The summed E-state index contributed by atoms with van der Waals surface area (Å²) >= 11 is 0. The van der Waals surface area contributed by atoms with Gasteiger partial charge < -0.3 is 5.73 Å². The van der Waals surface area contributed by atoms with Crippen LogP contribution in [0.5, 0.6) is 0 Å². The molecule has 1 heterocycles. The minimum absolute atomic E-state index is 0.100. The molecule has 4 heteroatoms. The molecule has 14 heavy (non-hydrogen) atoms. The molecule has 1 rings (SSSR count). The van der Waals surface area contributed by atoms with E-state index in [1.165, 1.54) is 0 Å². The summed E-state index contributed by atoms with van der Waals surface area (Å²) in [6.07, 6.45) is 0.920. The third-order valence-electron chi connectivity index (χ3n) is 2.19. The fraction of sp³-hybridized carbons (Fsp3) is 0.700. The van der Waals surface area contributed by atoms with Crippen LogP contribution in [0.15, 0.2) is 4.79 Å². The second kappa shape index (κ2) is 3.52. The largest absolute Gasteiger partial charge is 0.393 e. The number of H-pyrrole nitrogens is 1. The van der Waals surface area contributed by atoms with Crippen molar-refractivity contribution in [3.05, 3.63) is 16.0 Å². The summed E-state index contributed by atoms with van der Waals surface area (Å²) in [4.78, 5) is 11.6. The number of nitrogens with zero attached hydrogens (tertiary/aromatic N) is 1. The van der Waals surface area contributed by atoms with Crippen LogP contribution in [0.2, 0.25) is 0 Å². The van der Waals surface area contributed by atoms with Crippen molar-refractivity contribution < 1.29 is 0 Å². The molecule has 0 fully saturated rings. The van der Waals surface area contributed by atoms with Gasteiger partial charge in [-0.15, -0.1) is 0 Å². The van der Waals surface area contributed by atoms with Gasteiger partial charge in [0.15, 0.2) is 0 Å². The standard InChI is InChI=1S/C10H19N3O/c1-5-6-13-9(14)7(11)8(12-13)10(2,3)4/h12H,5-6,11H2,1-4H3. The van der Waals surface area contributed by atoms with Crippen LogP contribution in [0.1, 0.15) is 39.8 Å². The number of hydrogen-bond donors (Lipinski definition) is 2. The summed E-state index contributed by atoms with van der Waals surface area (Å²) < 4.78 is 1.58. The highest BCUT2D eigenvalue weighted by Gasteiger charge is 2.22. The summed E-state index contributed by atoms with van der Waals surface area (Å²) in [7, 11) is 0. The highest BCUT2D eigenvalue weighted by molar-refractivity contribution is 5.44. The number of hydrogen-bond acceptors (Lipinski definition) is 2. The van der Waals surface area contributed by atoms with Gasteiger partial charge in [-0.3, -0.25) is 14.6 Å². The molecule has 3 N–H and O–H groups in total. The molecule has 0 aliphatic rings. The zero-order chi connectivity index (χ0) is 10.9. The van der Waals surface area contributed by atoms with Crippen molar-refractivity contribution in [1.29, 1.82) is 0 Å². The van der Waals surface area contributed by atoms with E-state index in [2.05, 4.69) is 5.10 Å². The van der Waals surface area contributed by atoms with Crippen molar-refractivity contribution >= 4 is 5.69 Å². The van der Waals surface area contributed by atoms with Crippen molar-refractivity contribution in [1.82, 2.24) is 9.78 Å². The Labute approximate surface area is 84.1 Å². The van der Waals surface area contributed by atoms with Gasteiger partial charge in [0, 0.05) is 12.0 Å². The van der Waals surface area contributed by atoms with Crippen LogP contribution >= 0.6 is 0 Å². The van der Waals surface area contributed by atoms with E-state index in [4.69, 9.17) is 5.73 Å². The predicted octanol–water partition coefficient (Wildman–Crippen LogP) is 1.47. The topological polar surface area (TPSA) is 63.8 Å². The van der Waals surface area contributed by atoms with Crippen LogP contribution in [0.4, 0.5) is 5.69 Å². The van der Waals surface area contributed by atoms with E-state index in [9.17, 15) is 4.79 Å². The molecule has 1 aromatic rings. The summed E-state index contributed by atoms with van der Waals surface area (Å²) in [5.74, 6) is 0. The Kier molecular flexibility index (Phi) is 2.73. The Morgan fingerprint density at radius 2 is 2.00 bits per heavy atom. The van der Waals surface area contributed by atoms with Crippen LogP contribution in [0.25, 0.3) is 0 Å². The molecule has 0 aliphatic heterocycles. The lowest BCUT2D eigenvalue weighted by Crippen LogP contribution is -2.18. The Morgan fingerprint density at radius 1 is 1.43 bits per heavy atom. The Bertz CT molecular complexity index is 368. The Hall–Kier alpha value is -1.19. The predicted molar refractivity (Wildman–Crippen MR) is 58.5 cm³/mol. The average Bonchev–Trinajstić information content (AvgIpc) is 2.32. The molecule has 1 aromatic heterocycles. The van der Waals surface area contributed by atoms with E-state index in [0.717, 1.165) is 12.1 Å². The van der Waals surface area contributed by atoms with Crippen molar-refractivity contribution in [3.63, 3.8) is 0 Å². The Balaban J connectivity index is 3.22. The number of aromatic nitrogens is 2. The first-order valence-corrected chi connectivity index (χ1v) is 4.96. The third-order valence-corrected chi connectivity index (χ3v) is 2.19. The lowest BCUT2D eigenvalue weighted by molar-refractivity contribution is 0.524. The molecule has 0 radical (unpaired) electrons. The minimum atomic E-state index is -0.109. The molecule has 0 atom stereocenters. The van der Waals surface area contributed by atoms with Crippen LogP contribution < -0.4 is 11.3 Å². The Morgan fingerprint density at radius 3 is 2.36 bits per heavy atom. The van der Waals surface area contributed by atoms with E-state index in [-0.39, 0.29) is 11.0 Å². The summed E-state index contributed by atoms with van der Waals surface area (Å²) in [5, 5.41) is 3.07. The summed E-state index contributed by atoms with van der Waals surface area (Å²) in [5.41, 5.74) is 6.73. The fourth-order valence-electron chi connectivity index (χ4n) is 1.45. The van der Waals surface area contributed by atoms with Crippen LogP contribution in [0, 0.1) is 0 Å². The number of aryl methyl sites for hydroxylation is 1. The summed E-state index contributed by atoms with van der Waals surface area (Å²) in [6.45, 7) is 8.82. The quantitative estimate of drug-likeness (QED) is 0.754. The molecule has 0 unspecified atom stereocenters. The van der Waals surface area contributed by atoms with E-state index in [1.807, 2.05) is 27.7 Å². The maximum Gasteiger partial charge on any atom is 0.289 e. The molecule has 0 aromatic carbocycles. The first kappa shape index (κ1) is 10.9. The smallest absolute Gasteiger partial charge is 0.289 e. The molecule has 80 valence electrons. The van der Waals surface area contributed by atoms with Crippen molar-refractivity contribution in [2.24, 2.45) is 0 Å². The number of nitrogen functional groups attached to an aromatic ring is 1. The minimum Gasteiger partial charge on any atom is -0.393 e. The molecule has 0 bridgehead atoms. The molecule has 0 saturated carbocycles. The lowest BCUT2D eigenvalue weighted by Gasteiger charge is -2.16. The monoisotopic (exact) mass is 197 g/mol. The van der Waals surface area contributed by atoms with Crippen molar-refractivity contribution in [3.8, 4) is 0 Å². The highest BCUT2D eigenvalue weighted by atomic mass is 16.1. The second-order valence-electron chi connectivity index (χ2n) is 4.61. The van der Waals surface area contributed by atoms with E-state index >= 15 is 0 Å². The first-order valence-electron chi connectivity index (χ1n) is 4.96. The molecule has 0 amide bonds. The third kappa shape index (κ3) is 1.84. The van der Waals surface area contributed by atoms with Gasteiger partial charge in [0.25, 0.3) is 5.56 Å². The van der Waals surface area contributed by atoms with Gasteiger partial charge in [-0.25, -0.2) is 0 Å². The van der Waals surface area contributed by atoms with Gasteiger partial charge in [-0.05, 0) is 6.42 Å². The molecular formula is C10H19N3O. The van der Waals surface area contributed by atoms with Gasteiger partial charge in [0.05, 0.1) is 5.69 Å². The van der Waals surface area contributed by atoms with Crippen molar-refractivity contribution in [2.75, 3.05) is 5.73 Å². The number of nitrogens with two attached hydrogens (primary N) is 1. The maximum atomic E-state index is 11.6. The number of nitrogens with one attached hydrogen (secondary N) is 1. The SMILES string of the molecule is CCCn1[nH]c(C(C)(C)C)c(N)c1=O. The summed E-state index contributed by atoms with van der Waals surface area (Å²) in [6, 6.07) is 0. The normalized spacial score (nSPS) is 12.0.